The smallest absolute Gasteiger partial charge is 0.157 e. The van der Waals surface area contributed by atoms with Crippen LogP contribution in [0.4, 0.5) is 0 Å². The molecule has 3 heterocycles. The highest BCUT2D eigenvalue weighted by Crippen LogP contribution is 2.23. The summed E-state index contributed by atoms with van der Waals surface area (Å²) in [6, 6.07) is 4.23. The van der Waals surface area contributed by atoms with Crippen LogP contribution in [0, 0.1) is 6.92 Å². The molecule has 0 saturated carbocycles. The van der Waals surface area contributed by atoms with Crippen LogP contribution in [0.5, 0.6) is 0 Å². The Morgan fingerprint density at radius 3 is 3.06 bits per heavy atom. The molecule has 17 heavy (non-hydrogen) atoms. The zero-order valence-corrected chi connectivity index (χ0v) is 10.5. The average Bonchev–Trinajstić information content (AvgIpc) is 2.74. The Kier molecular flexibility index (Phi) is 2.76. The van der Waals surface area contributed by atoms with Gasteiger partial charge in [-0.3, -0.25) is 0 Å². The minimum Gasteiger partial charge on any atom is -0.309 e. The maximum Gasteiger partial charge on any atom is 0.157 e. The van der Waals surface area contributed by atoms with Gasteiger partial charge in [0.05, 0.1) is 11.7 Å². The Hall–Kier alpha value is -1.13. The van der Waals surface area contributed by atoms with E-state index in [1.807, 2.05) is 23.6 Å². The molecule has 0 amide bonds. The first-order valence-corrected chi connectivity index (χ1v) is 6.38. The SMILES string of the molecule is Cc1cc(Cl)nc2cc([C@@H]3CCCCN3)nn12. The minimum atomic E-state index is 0.364. The third-order valence-corrected chi connectivity index (χ3v) is 3.45. The maximum atomic E-state index is 5.95. The molecular weight excluding hydrogens is 236 g/mol. The van der Waals surface area contributed by atoms with Crippen LogP contribution in [0.25, 0.3) is 5.65 Å². The average molecular weight is 251 g/mol. The number of halogens is 1. The largest absolute Gasteiger partial charge is 0.309 e. The highest BCUT2D eigenvalue weighted by atomic mass is 35.5. The van der Waals surface area contributed by atoms with Gasteiger partial charge in [0.1, 0.15) is 5.15 Å². The number of nitrogens with one attached hydrogen (secondary N) is 1. The molecule has 0 unspecified atom stereocenters. The lowest BCUT2D eigenvalue weighted by atomic mass is 10.0. The first-order chi connectivity index (χ1) is 8.24. The van der Waals surface area contributed by atoms with Gasteiger partial charge in [-0.1, -0.05) is 18.0 Å². The molecule has 2 aromatic heterocycles. The van der Waals surface area contributed by atoms with Gasteiger partial charge in [-0.05, 0) is 32.4 Å². The van der Waals surface area contributed by atoms with Gasteiger partial charge in [0.25, 0.3) is 0 Å². The number of hydrogen-bond donors (Lipinski definition) is 1. The van der Waals surface area contributed by atoms with Gasteiger partial charge in [0.15, 0.2) is 5.65 Å². The Labute approximate surface area is 105 Å². The van der Waals surface area contributed by atoms with E-state index in [1.165, 1.54) is 12.8 Å². The molecule has 4 nitrogen and oxygen atoms in total. The topological polar surface area (TPSA) is 42.2 Å². The van der Waals surface area contributed by atoms with Crippen molar-refractivity contribution >= 4 is 17.2 Å². The number of aryl methyl sites for hydroxylation is 1. The molecule has 1 aliphatic rings. The number of rotatable bonds is 1. The second-order valence-corrected chi connectivity index (χ2v) is 4.95. The molecule has 1 atom stereocenters. The van der Waals surface area contributed by atoms with Gasteiger partial charge in [0, 0.05) is 11.8 Å². The van der Waals surface area contributed by atoms with Crippen LogP contribution in [-0.4, -0.2) is 21.1 Å². The summed E-state index contributed by atoms with van der Waals surface area (Å²) in [6.45, 7) is 3.07. The molecule has 5 heteroatoms. The third-order valence-electron chi connectivity index (χ3n) is 3.26. The summed E-state index contributed by atoms with van der Waals surface area (Å²) in [4.78, 5) is 4.29. The van der Waals surface area contributed by atoms with Gasteiger partial charge in [-0.15, -0.1) is 0 Å². The fraction of sp³-hybridized carbons (Fsp3) is 0.500. The summed E-state index contributed by atoms with van der Waals surface area (Å²) < 4.78 is 1.86. The summed E-state index contributed by atoms with van der Waals surface area (Å²) in [6.07, 6.45) is 3.67. The quantitative estimate of drug-likeness (QED) is 0.791. The van der Waals surface area contributed by atoms with E-state index in [0.29, 0.717) is 11.2 Å². The van der Waals surface area contributed by atoms with Gasteiger partial charge < -0.3 is 5.32 Å². The number of nitrogens with zero attached hydrogens (tertiary/aromatic N) is 3. The molecule has 2 aromatic rings. The van der Waals surface area contributed by atoms with Crippen LogP contribution in [-0.2, 0) is 0 Å². The van der Waals surface area contributed by atoms with Crippen molar-refractivity contribution < 1.29 is 0 Å². The van der Waals surface area contributed by atoms with E-state index >= 15 is 0 Å². The van der Waals surface area contributed by atoms with E-state index in [9.17, 15) is 0 Å². The van der Waals surface area contributed by atoms with Crippen molar-refractivity contribution in [2.75, 3.05) is 6.54 Å². The zero-order valence-electron chi connectivity index (χ0n) is 9.78. The predicted octanol–water partition coefficient (Wildman–Crippen LogP) is 2.51. The van der Waals surface area contributed by atoms with Crippen molar-refractivity contribution in [3.05, 3.63) is 28.7 Å². The van der Waals surface area contributed by atoms with Crippen molar-refractivity contribution in [2.24, 2.45) is 0 Å². The molecule has 0 aliphatic carbocycles. The van der Waals surface area contributed by atoms with E-state index in [1.54, 1.807) is 0 Å². The standard InChI is InChI=1S/C12H15ClN4/c1-8-6-11(13)15-12-7-10(16-17(8)12)9-4-2-3-5-14-9/h6-7,9,14H,2-5H2,1H3/t9-/m0/s1. The van der Waals surface area contributed by atoms with Crippen molar-refractivity contribution in [1.29, 1.82) is 0 Å². The molecule has 0 spiro atoms. The van der Waals surface area contributed by atoms with Crippen molar-refractivity contribution in [3.8, 4) is 0 Å². The summed E-state index contributed by atoms with van der Waals surface area (Å²) in [5.74, 6) is 0. The monoisotopic (exact) mass is 250 g/mol. The number of aromatic nitrogens is 3. The molecule has 1 N–H and O–H groups in total. The lowest BCUT2D eigenvalue weighted by Crippen LogP contribution is -2.27. The lowest BCUT2D eigenvalue weighted by Gasteiger charge is -2.21. The van der Waals surface area contributed by atoms with E-state index in [4.69, 9.17) is 11.6 Å². The molecule has 0 aromatic carbocycles. The van der Waals surface area contributed by atoms with Crippen molar-refractivity contribution in [1.82, 2.24) is 19.9 Å². The molecule has 90 valence electrons. The molecule has 1 fully saturated rings. The number of piperidine rings is 1. The van der Waals surface area contributed by atoms with Gasteiger partial charge in [-0.2, -0.15) is 5.10 Å². The number of fused-ring (bicyclic) bond motifs is 1. The highest BCUT2D eigenvalue weighted by molar-refractivity contribution is 6.29. The van der Waals surface area contributed by atoms with Crippen molar-refractivity contribution in [2.45, 2.75) is 32.2 Å². The second kappa shape index (κ2) is 4.27. The Morgan fingerprint density at radius 2 is 2.29 bits per heavy atom. The van der Waals surface area contributed by atoms with Gasteiger partial charge in [-0.25, -0.2) is 9.50 Å². The molecule has 1 aliphatic heterocycles. The second-order valence-electron chi connectivity index (χ2n) is 4.56. The van der Waals surface area contributed by atoms with E-state index in [2.05, 4.69) is 15.4 Å². The van der Waals surface area contributed by atoms with E-state index < -0.39 is 0 Å². The predicted molar refractivity (Wildman–Crippen MR) is 67.3 cm³/mol. The first-order valence-electron chi connectivity index (χ1n) is 6.00. The van der Waals surface area contributed by atoms with Gasteiger partial charge >= 0.3 is 0 Å². The maximum absolute atomic E-state index is 5.95. The summed E-state index contributed by atoms with van der Waals surface area (Å²) in [5, 5.41) is 8.63. The molecule has 3 rings (SSSR count). The Morgan fingerprint density at radius 1 is 1.41 bits per heavy atom. The van der Waals surface area contributed by atoms with Crippen LogP contribution in [0.2, 0.25) is 5.15 Å². The molecule has 1 saturated heterocycles. The Bertz CT molecular complexity index is 543. The summed E-state index contributed by atoms with van der Waals surface area (Å²) in [5.41, 5.74) is 2.92. The van der Waals surface area contributed by atoms with Crippen LogP contribution >= 0.6 is 11.6 Å². The lowest BCUT2D eigenvalue weighted by molar-refractivity contribution is 0.404. The molecular formula is C12H15ClN4. The van der Waals surface area contributed by atoms with E-state index in [0.717, 1.165) is 30.0 Å². The minimum absolute atomic E-state index is 0.364. The van der Waals surface area contributed by atoms with Crippen LogP contribution < -0.4 is 5.32 Å². The summed E-state index contributed by atoms with van der Waals surface area (Å²) in [7, 11) is 0. The molecule has 0 bridgehead atoms. The fourth-order valence-electron chi connectivity index (χ4n) is 2.38. The van der Waals surface area contributed by atoms with Crippen LogP contribution in [0.3, 0.4) is 0 Å². The van der Waals surface area contributed by atoms with Crippen LogP contribution in [0.15, 0.2) is 12.1 Å². The summed E-state index contributed by atoms with van der Waals surface area (Å²) >= 11 is 5.95. The highest BCUT2D eigenvalue weighted by Gasteiger charge is 2.18. The molecule has 0 radical (unpaired) electrons. The fourth-order valence-corrected chi connectivity index (χ4v) is 2.62. The normalized spacial score (nSPS) is 20.9. The van der Waals surface area contributed by atoms with Crippen molar-refractivity contribution in [3.63, 3.8) is 0 Å². The van der Waals surface area contributed by atoms with Crippen LogP contribution in [0.1, 0.15) is 36.7 Å². The zero-order chi connectivity index (χ0) is 11.8. The third kappa shape index (κ3) is 2.03. The first kappa shape index (κ1) is 11.0. The number of hydrogen-bond acceptors (Lipinski definition) is 3. The van der Waals surface area contributed by atoms with E-state index in [-0.39, 0.29) is 0 Å². The Balaban J connectivity index is 2.03. The van der Waals surface area contributed by atoms with Gasteiger partial charge in [0.2, 0.25) is 0 Å².